The molecule has 0 spiro atoms. The van der Waals surface area contributed by atoms with Crippen molar-refractivity contribution in [2.75, 3.05) is 0 Å². The minimum atomic E-state index is 0.0211. The van der Waals surface area contributed by atoms with Gasteiger partial charge in [0.15, 0.2) is 0 Å². The summed E-state index contributed by atoms with van der Waals surface area (Å²) in [5.74, 6) is 1.24. The monoisotopic (exact) mass is 279 g/mol. The fraction of sp³-hybridized carbons (Fsp3) is 0.714. The molecule has 5 atom stereocenters. The number of hydrogen-bond donors (Lipinski definition) is 2. The summed E-state index contributed by atoms with van der Waals surface area (Å²) in [5, 5.41) is 6.10. The van der Waals surface area contributed by atoms with Crippen LogP contribution in [0.2, 0.25) is 0 Å². The molecule has 2 bridgehead atoms. The zero-order valence-electron chi connectivity index (χ0n) is 11.2. The summed E-state index contributed by atoms with van der Waals surface area (Å²) < 4.78 is 0. The van der Waals surface area contributed by atoms with Gasteiger partial charge in [-0.1, -0.05) is 6.92 Å². The van der Waals surface area contributed by atoms with E-state index in [1.807, 2.05) is 5.38 Å². The first-order valence-corrected chi connectivity index (χ1v) is 8.04. The van der Waals surface area contributed by atoms with Crippen molar-refractivity contribution in [2.24, 2.45) is 23.5 Å². The van der Waals surface area contributed by atoms with Crippen LogP contribution in [0.4, 0.5) is 0 Å². The van der Waals surface area contributed by atoms with Gasteiger partial charge in [0.05, 0.1) is 12.0 Å². The molecule has 3 rings (SSSR count). The minimum Gasteiger partial charge on any atom is -0.347 e. The summed E-state index contributed by atoms with van der Waals surface area (Å²) >= 11 is 1.60. The maximum atomic E-state index is 12.5. The van der Waals surface area contributed by atoms with E-state index in [1.165, 1.54) is 12.8 Å². The Morgan fingerprint density at radius 3 is 2.95 bits per heavy atom. The van der Waals surface area contributed by atoms with Gasteiger partial charge in [0.2, 0.25) is 5.91 Å². The van der Waals surface area contributed by atoms with E-state index in [9.17, 15) is 4.79 Å². The average Bonchev–Trinajstić information content (AvgIpc) is 3.11. The van der Waals surface area contributed by atoms with Crippen LogP contribution >= 0.6 is 11.3 Å². The lowest BCUT2D eigenvalue weighted by molar-refractivity contribution is -0.127. The van der Waals surface area contributed by atoms with Crippen molar-refractivity contribution in [2.45, 2.75) is 44.7 Å². The Morgan fingerprint density at radius 2 is 2.37 bits per heavy atom. The topological polar surface area (TPSA) is 68.0 Å². The van der Waals surface area contributed by atoms with E-state index >= 15 is 0 Å². The van der Waals surface area contributed by atoms with Crippen molar-refractivity contribution < 1.29 is 4.79 Å². The number of hydrogen-bond acceptors (Lipinski definition) is 4. The highest BCUT2D eigenvalue weighted by Gasteiger charge is 2.49. The molecule has 1 heterocycles. The summed E-state index contributed by atoms with van der Waals surface area (Å²) in [6.07, 6.45) is 6.19. The van der Waals surface area contributed by atoms with Gasteiger partial charge in [-0.15, -0.1) is 11.3 Å². The van der Waals surface area contributed by atoms with E-state index in [4.69, 9.17) is 5.73 Å². The molecule has 0 aliphatic heterocycles. The lowest BCUT2D eigenvalue weighted by Crippen LogP contribution is -2.46. The second-order valence-corrected chi connectivity index (χ2v) is 6.70. The summed E-state index contributed by atoms with van der Waals surface area (Å²) in [6, 6.07) is 0.103. The standard InChI is InChI=1S/C14H21N3OS/c1-2-10(14-16-5-6-19-14)17-13(18)11-8-3-4-9(7-8)12(11)15/h5-6,8-12H,2-4,7,15H2,1H3,(H,17,18). The number of rotatable bonds is 4. The third kappa shape index (κ3) is 2.30. The van der Waals surface area contributed by atoms with Crippen LogP contribution in [0.15, 0.2) is 11.6 Å². The first-order chi connectivity index (χ1) is 9.20. The number of nitrogens with two attached hydrogens (primary N) is 1. The lowest BCUT2D eigenvalue weighted by Gasteiger charge is -2.28. The molecule has 0 radical (unpaired) electrons. The molecule has 4 nitrogen and oxygen atoms in total. The van der Waals surface area contributed by atoms with Crippen molar-refractivity contribution in [1.82, 2.24) is 10.3 Å². The molecule has 5 unspecified atom stereocenters. The molecule has 0 saturated heterocycles. The van der Waals surface area contributed by atoms with Crippen LogP contribution in [-0.2, 0) is 4.79 Å². The summed E-state index contributed by atoms with van der Waals surface area (Å²) in [4.78, 5) is 16.8. The average molecular weight is 279 g/mol. The highest BCUT2D eigenvalue weighted by molar-refractivity contribution is 7.09. The second-order valence-electron chi connectivity index (χ2n) is 5.78. The van der Waals surface area contributed by atoms with Crippen LogP contribution in [0.3, 0.4) is 0 Å². The quantitative estimate of drug-likeness (QED) is 0.886. The Hall–Kier alpha value is -0.940. The fourth-order valence-corrected chi connectivity index (χ4v) is 4.51. The molecule has 0 aromatic carbocycles. The number of aromatic nitrogens is 1. The number of thiazole rings is 1. The molecule has 2 fully saturated rings. The van der Waals surface area contributed by atoms with Crippen molar-refractivity contribution >= 4 is 17.2 Å². The molecule has 2 aliphatic carbocycles. The van der Waals surface area contributed by atoms with Gasteiger partial charge in [0.1, 0.15) is 5.01 Å². The molecular weight excluding hydrogens is 258 g/mol. The van der Waals surface area contributed by atoms with E-state index in [2.05, 4.69) is 17.2 Å². The Bertz CT molecular complexity index is 446. The highest BCUT2D eigenvalue weighted by Crippen LogP contribution is 2.47. The highest BCUT2D eigenvalue weighted by atomic mass is 32.1. The Kier molecular flexibility index (Phi) is 3.58. The Balaban J connectivity index is 1.68. The van der Waals surface area contributed by atoms with Gasteiger partial charge in [0, 0.05) is 17.6 Å². The SMILES string of the molecule is CCC(NC(=O)C1C2CCC(C2)C1N)c1nccs1. The van der Waals surface area contributed by atoms with Crippen LogP contribution in [0, 0.1) is 17.8 Å². The zero-order valence-corrected chi connectivity index (χ0v) is 12.0. The van der Waals surface area contributed by atoms with Gasteiger partial charge in [-0.05, 0) is 37.5 Å². The van der Waals surface area contributed by atoms with Gasteiger partial charge >= 0.3 is 0 Å². The number of nitrogens with zero attached hydrogens (tertiary/aromatic N) is 1. The maximum Gasteiger partial charge on any atom is 0.225 e. The summed E-state index contributed by atoms with van der Waals surface area (Å²) in [5.41, 5.74) is 6.23. The van der Waals surface area contributed by atoms with Crippen molar-refractivity contribution in [3.8, 4) is 0 Å². The van der Waals surface area contributed by atoms with Crippen molar-refractivity contribution in [3.05, 3.63) is 16.6 Å². The molecule has 1 aromatic heterocycles. The van der Waals surface area contributed by atoms with Crippen LogP contribution in [0.5, 0.6) is 0 Å². The van der Waals surface area contributed by atoms with Crippen LogP contribution in [0.25, 0.3) is 0 Å². The second kappa shape index (κ2) is 5.21. The van der Waals surface area contributed by atoms with E-state index in [-0.39, 0.29) is 23.9 Å². The smallest absolute Gasteiger partial charge is 0.225 e. The normalized spacial score (nSPS) is 34.4. The van der Waals surface area contributed by atoms with E-state index in [1.54, 1.807) is 17.5 Å². The number of nitrogens with one attached hydrogen (secondary N) is 1. The molecule has 1 aromatic rings. The van der Waals surface area contributed by atoms with Crippen LogP contribution in [0.1, 0.15) is 43.7 Å². The first kappa shape index (κ1) is 13.1. The molecule has 19 heavy (non-hydrogen) atoms. The number of carbonyl (C=O) groups is 1. The predicted octanol–water partition coefficient (Wildman–Crippen LogP) is 2.08. The van der Waals surface area contributed by atoms with Gasteiger partial charge < -0.3 is 11.1 Å². The van der Waals surface area contributed by atoms with Crippen LogP contribution in [-0.4, -0.2) is 16.9 Å². The summed E-state index contributed by atoms with van der Waals surface area (Å²) in [7, 11) is 0. The van der Waals surface area contributed by atoms with Gasteiger partial charge in [-0.2, -0.15) is 0 Å². The molecule has 1 amide bonds. The third-order valence-corrected chi connectivity index (χ3v) is 5.65. The molecular formula is C14H21N3OS. The molecule has 104 valence electrons. The number of amides is 1. The van der Waals surface area contributed by atoms with Crippen molar-refractivity contribution in [3.63, 3.8) is 0 Å². The molecule has 3 N–H and O–H groups in total. The van der Waals surface area contributed by atoms with Gasteiger partial charge in [0.25, 0.3) is 0 Å². The number of carbonyl (C=O) groups excluding carboxylic acids is 1. The van der Waals surface area contributed by atoms with E-state index in [0.717, 1.165) is 17.8 Å². The van der Waals surface area contributed by atoms with E-state index in [0.29, 0.717) is 11.8 Å². The Morgan fingerprint density at radius 1 is 1.58 bits per heavy atom. The van der Waals surface area contributed by atoms with Gasteiger partial charge in [-0.25, -0.2) is 4.98 Å². The van der Waals surface area contributed by atoms with Crippen LogP contribution < -0.4 is 11.1 Å². The number of fused-ring (bicyclic) bond motifs is 2. The summed E-state index contributed by atoms with van der Waals surface area (Å²) in [6.45, 7) is 2.08. The van der Waals surface area contributed by atoms with Gasteiger partial charge in [-0.3, -0.25) is 4.79 Å². The zero-order chi connectivity index (χ0) is 13.4. The first-order valence-electron chi connectivity index (χ1n) is 7.16. The third-order valence-electron chi connectivity index (χ3n) is 4.76. The largest absolute Gasteiger partial charge is 0.347 e. The lowest BCUT2D eigenvalue weighted by atomic mass is 9.84. The maximum absolute atomic E-state index is 12.5. The van der Waals surface area contributed by atoms with E-state index < -0.39 is 0 Å². The minimum absolute atomic E-state index is 0.0211. The molecule has 5 heteroatoms. The predicted molar refractivity (Wildman–Crippen MR) is 75.6 cm³/mol. The van der Waals surface area contributed by atoms with Crippen molar-refractivity contribution in [1.29, 1.82) is 0 Å². The molecule has 2 aliphatic rings. The Labute approximate surface area is 117 Å². The fourth-order valence-electron chi connectivity index (χ4n) is 3.74. The molecule has 2 saturated carbocycles.